The van der Waals surface area contributed by atoms with Gasteiger partial charge in [-0.25, -0.2) is 8.42 Å². The third-order valence-electron chi connectivity index (χ3n) is 3.92. The number of ether oxygens (including phenoxy) is 1. The zero-order valence-electron chi connectivity index (χ0n) is 15.5. The zero-order valence-corrected chi connectivity index (χ0v) is 16.4. The van der Waals surface area contributed by atoms with Gasteiger partial charge in [0.25, 0.3) is 0 Å². The highest BCUT2D eigenvalue weighted by atomic mass is 32.2. The molecule has 0 atom stereocenters. The van der Waals surface area contributed by atoms with Crippen LogP contribution >= 0.6 is 0 Å². The lowest BCUT2D eigenvalue weighted by atomic mass is 10.1. The number of methoxy groups -OCH3 is 1. The second kappa shape index (κ2) is 8.71. The molecule has 0 fully saturated rings. The fourth-order valence-corrected chi connectivity index (χ4v) is 3.57. The van der Waals surface area contributed by atoms with Gasteiger partial charge in [0.2, 0.25) is 0 Å². The standard InChI is InChI=1S/C19H25N3O3S/c1-14-10-16(8-9-18(14)26(4,23)24)13-22-19(20-2)21-12-15-6-5-7-17(11-15)25-3/h5-11H,12-13H2,1-4H3,(H2,20,21,22). The minimum Gasteiger partial charge on any atom is -0.497 e. The van der Waals surface area contributed by atoms with E-state index in [9.17, 15) is 8.42 Å². The summed E-state index contributed by atoms with van der Waals surface area (Å²) >= 11 is 0. The van der Waals surface area contributed by atoms with Gasteiger partial charge >= 0.3 is 0 Å². The van der Waals surface area contributed by atoms with Crippen molar-refractivity contribution < 1.29 is 13.2 Å². The molecule has 0 radical (unpaired) electrons. The van der Waals surface area contributed by atoms with E-state index in [4.69, 9.17) is 4.74 Å². The molecule has 0 unspecified atom stereocenters. The summed E-state index contributed by atoms with van der Waals surface area (Å²) in [5.74, 6) is 1.48. The van der Waals surface area contributed by atoms with Crippen molar-refractivity contribution in [2.24, 2.45) is 4.99 Å². The van der Waals surface area contributed by atoms with E-state index in [1.165, 1.54) is 6.26 Å². The van der Waals surface area contributed by atoms with Gasteiger partial charge in [-0.15, -0.1) is 0 Å². The van der Waals surface area contributed by atoms with E-state index in [2.05, 4.69) is 15.6 Å². The maximum atomic E-state index is 11.7. The Labute approximate surface area is 155 Å². The summed E-state index contributed by atoms with van der Waals surface area (Å²) in [6.07, 6.45) is 1.22. The average Bonchev–Trinajstić information content (AvgIpc) is 2.61. The van der Waals surface area contributed by atoms with Gasteiger partial charge in [0.05, 0.1) is 12.0 Å². The summed E-state index contributed by atoms with van der Waals surface area (Å²) < 4.78 is 28.6. The first-order valence-electron chi connectivity index (χ1n) is 8.20. The molecule has 0 amide bonds. The van der Waals surface area contributed by atoms with E-state index in [1.807, 2.05) is 36.4 Å². The second-order valence-corrected chi connectivity index (χ2v) is 7.99. The van der Waals surface area contributed by atoms with Crippen molar-refractivity contribution in [1.29, 1.82) is 0 Å². The molecule has 0 aliphatic carbocycles. The van der Waals surface area contributed by atoms with Gasteiger partial charge in [0, 0.05) is 26.4 Å². The smallest absolute Gasteiger partial charge is 0.191 e. The van der Waals surface area contributed by atoms with Crippen molar-refractivity contribution in [3.8, 4) is 5.75 Å². The van der Waals surface area contributed by atoms with E-state index in [-0.39, 0.29) is 0 Å². The van der Waals surface area contributed by atoms with Crippen LogP contribution < -0.4 is 15.4 Å². The van der Waals surface area contributed by atoms with Crippen LogP contribution in [-0.2, 0) is 22.9 Å². The first-order valence-corrected chi connectivity index (χ1v) is 10.1. The number of aliphatic imine (C=N–C) groups is 1. The predicted octanol–water partition coefficient (Wildman–Crippen LogP) is 2.27. The van der Waals surface area contributed by atoms with Gasteiger partial charge in [0.15, 0.2) is 15.8 Å². The molecule has 0 saturated carbocycles. The molecule has 26 heavy (non-hydrogen) atoms. The molecular weight excluding hydrogens is 350 g/mol. The van der Waals surface area contributed by atoms with Crippen molar-refractivity contribution in [1.82, 2.24) is 10.6 Å². The quantitative estimate of drug-likeness (QED) is 0.598. The lowest BCUT2D eigenvalue weighted by Crippen LogP contribution is -2.36. The number of nitrogens with zero attached hydrogens (tertiary/aromatic N) is 1. The molecule has 6 nitrogen and oxygen atoms in total. The normalized spacial score (nSPS) is 11.9. The molecule has 0 aliphatic heterocycles. The Balaban J connectivity index is 1.95. The van der Waals surface area contributed by atoms with Crippen molar-refractivity contribution in [2.75, 3.05) is 20.4 Å². The highest BCUT2D eigenvalue weighted by Gasteiger charge is 2.11. The van der Waals surface area contributed by atoms with Gasteiger partial charge in [-0.05, 0) is 41.8 Å². The zero-order chi connectivity index (χ0) is 19.2. The minimum atomic E-state index is -3.20. The van der Waals surface area contributed by atoms with E-state index in [1.54, 1.807) is 27.1 Å². The first kappa shape index (κ1) is 19.8. The molecule has 2 aromatic carbocycles. The van der Waals surface area contributed by atoms with Crippen LogP contribution in [-0.4, -0.2) is 34.8 Å². The second-order valence-electron chi connectivity index (χ2n) is 6.00. The lowest BCUT2D eigenvalue weighted by Gasteiger charge is -2.13. The van der Waals surface area contributed by atoms with E-state index < -0.39 is 9.84 Å². The van der Waals surface area contributed by atoms with Crippen molar-refractivity contribution in [3.05, 3.63) is 59.2 Å². The van der Waals surface area contributed by atoms with Crippen molar-refractivity contribution in [3.63, 3.8) is 0 Å². The number of hydrogen-bond acceptors (Lipinski definition) is 4. The predicted molar refractivity (Wildman–Crippen MR) is 104 cm³/mol. The van der Waals surface area contributed by atoms with Gasteiger partial charge in [-0.1, -0.05) is 24.3 Å². The molecule has 140 valence electrons. The highest BCUT2D eigenvalue weighted by molar-refractivity contribution is 7.90. The van der Waals surface area contributed by atoms with Gasteiger partial charge in [-0.3, -0.25) is 4.99 Å². The number of guanidine groups is 1. The summed E-state index contributed by atoms with van der Waals surface area (Å²) in [4.78, 5) is 4.57. The molecule has 0 heterocycles. The topological polar surface area (TPSA) is 79.8 Å². The Morgan fingerprint density at radius 3 is 2.27 bits per heavy atom. The average molecular weight is 375 g/mol. The van der Waals surface area contributed by atoms with E-state index in [0.717, 1.165) is 22.4 Å². The highest BCUT2D eigenvalue weighted by Crippen LogP contribution is 2.16. The van der Waals surface area contributed by atoms with Crippen LogP contribution in [0.5, 0.6) is 5.75 Å². The number of sulfone groups is 1. The summed E-state index contributed by atoms with van der Waals surface area (Å²) in [5.41, 5.74) is 2.81. The van der Waals surface area contributed by atoms with Crippen molar-refractivity contribution in [2.45, 2.75) is 24.9 Å². The van der Waals surface area contributed by atoms with Crippen LogP contribution in [0.15, 0.2) is 52.4 Å². The monoisotopic (exact) mass is 375 g/mol. The lowest BCUT2D eigenvalue weighted by molar-refractivity contribution is 0.414. The van der Waals surface area contributed by atoms with Gasteiger partial charge in [0.1, 0.15) is 5.75 Å². The molecule has 2 rings (SSSR count). The Morgan fingerprint density at radius 1 is 1.08 bits per heavy atom. The summed E-state index contributed by atoms with van der Waals surface area (Å²) in [6, 6.07) is 13.2. The fraction of sp³-hybridized carbons (Fsp3) is 0.316. The van der Waals surface area contributed by atoms with Gasteiger partial charge in [-0.2, -0.15) is 0 Å². The van der Waals surface area contributed by atoms with Crippen LogP contribution in [0, 0.1) is 6.92 Å². The van der Waals surface area contributed by atoms with Crippen LogP contribution in [0.25, 0.3) is 0 Å². The number of aryl methyl sites for hydroxylation is 1. The summed E-state index contributed by atoms with van der Waals surface area (Å²) in [5, 5.41) is 6.47. The fourth-order valence-electron chi connectivity index (χ4n) is 2.61. The van der Waals surface area contributed by atoms with Crippen LogP contribution in [0.4, 0.5) is 0 Å². The summed E-state index contributed by atoms with van der Waals surface area (Å²) in [7, 11) is 0.152. The third kappa shape index (κ3) is 5.49. The van der Waals surface area contributed by atoms with Gasteiger partial charge < -0.3 is 15.4 Å². The Hall–Kier alpha value is -2.54. The molecule has 0 spiro atoms. The molecule has 7 heteroatoms. The van der Waals surface area contributed by atoms with Crippen LogP contribution in [0.2, 0.25) is 0 Å². The van der Waals surface area contributed by atoms with Crippen LogP contribution in [0.3, 0.4) is 0 Å². The maximum Gasteiger partial charge on any atom is 0.191 e. The first-order chi connectivity index (χ1) is 12.3. The number of rotatable bonds is 6. The Bertz CT molecular complexity index is 893. The SMILES string of the molecule is CN=C(NCc1cccc(OC)c1)NCc1ccc(S(C)(=O)=O)c(C)c1. The maximum absolute atomic E-state index is 11.7. The third-order valence-corrected chi connectivity index (χ3v) is 5.17. The molecule has 2 aromatic rings. The summed E-state index contributed by atoms with van der Waals surface area (Å²) in [6.45, 7) is 2.96. The van der Waals surface area contributed by atoms with Crippen molar-refractivity contribution >= 4 is 15.8 Å². The van der Waals surface area contributed by atoms with E-state index >= 15 is 0 Å². The number of benzene rings is 2. The minimum absolute atomic E-state index is 0.363. The Kier molecular flexibility index (Phi) is 6.63. The molecule has 2 N–H and O–H groups in total. The molecule has 0 aromatic heterocycles. The largest absolute Gasteiger partial charge is 0.497 e. The van der Waals surface area contributed by atoms with Crippen LogP contribution in [0.1, 0.15) is 16.7 Å². The van der Waals surface area contributed by atoms with E-state index in [0.29, 0.717) is 23.9 Å². The molecular formula is C19H25N3O3S. The molecule has 0 saturated heterocycles. The number of nitrogens with one attached hydrogen (secondary N) is 2. The molecule has 0 aliphatic rings. The molecule has 0 bridgehead atoms. The number of hydrogen-bond donors (Lipinski definition) is 2. The Morgan fingerprint density at radius 2 is 1.73 bits per heavy atom.